The minimum Gasteiger partial charge on any atom is -0.490 e. The largest absolute Gasteiger partial charge is 0.490 e. The number of amides is 2. The van der Waals surface area contributed by atoms with Crippen molar-refractivity contribution in [3.63, 3.8) is 0 Å². The van der Waals surface area contributed by atoms with Crippen LogP contribution in [0.3, 0.4) is 0 Å². The Bertz CT molecular complexity index is 1250. The minimum absolute atomic E-state index is 0.00761. The number of hydrogen-bond acceptors (Lipinski definition) is 5. The van der Waals surface area contributed by atoms with Crippen molar-refractivity contribution in [3.05, 3.63) is 89.5 Å². The Hall–Kier alpha value is -4.07. The first-order valence-corrected chi connectivity index (χ1v) is 13.0. The van der Waals surface area contributed by atoms with Crippen LogP contribution in [0.5, 0.6) is 11.5 Å². The summed E-state index contributed by atoms with van der Waals surface area (Å²) in [6.45, 7) is 3.02. The van der Waals surface area contributed by atoms with Crippen LogP contribution in [0.4, 0.5) is 10.1 Å². The van der Waals surface area contributed by atoms with Crippen LogP contribution in [0, 0.1) is 0 Å². The molecule has 7 nitrogen and oxygen atoms in total. The van der Waals surface area contributed by atoms with Crippen LogP contribution in [0.25, 0.3) is 0 Å². The fraction of sp³-hybridized carbons (Fsp3) is 0.333. The number of nitrogens with zero attached hydrogens (tertiary/aromatic N) is 2. The zero-order chi connectivity index (χ0) is 26.5. The lowest BCUT2D eigenvalue weighted by Crippen LogP contribution is -2.49. The molecule has 1 saturated heterocycles. The second-order valence-corrected chi connectivity index (χ2v) is 9.77. The van der Waals surface area contributed by atoms with E-state index >= 15 is 0 Å². The summed E-state index contributed by atoms with van der Waals surface area (Å²) in [5.74, 6) is 0.530. The summed E-state index contributed by atoms with van der Waals surface area (Å²) in [5.41, 5.74) is 8.51. The fourth-order valence-corrected chi connectivity index (χ4v) is 4.84. The van der Waals surface area contributed by atoms with Crippen molar-refractivity contribution < 1.29 is 23.5 Å². The lowest BCUT2D eigenvalue weighted by atomic mass is 9.93. The molecule has 2 amide bonds. The number of hydrogen-bond donors (Lipinski definition) is 1. The van der Waals surface area contributed by atoms with Crippen LogP contribution in [0.2, 0.25) is 0 Å². The molecule has 3 aromatic rings. The summed E-state index contributed by atoms with van der Waals surface area (Å²) in [6, 6.07) is 23.0. The van der Waals surface area contributed by atoms with E-state index in [1.54, 1.807) is 23.1 Å². The summed E-state index contributed by atoms with van der Waals surface area (Å²) in [5, 5.41) is 0. The summed E-state index contributed by atoms with van der Waals surface area (Å²) < 4.78 is 25.1. The van der Waals surface area contributed by atoms with Gasteiger partial charge in [-0.3, -0.25) is 9.59 Å². The molecule has 8 heteroatoms. The van der Waals surface area contributed by atoms with Crippen molar-refractivity contribution in [3.8, 4) is 11.5 Å². The number of rotatable bonds is 9. The predicted molar refractivity (Wildman–Crippen MR) is 143 cm³/mol. The third kappa shape index (κ3) is 6.07. The molecule has 0 spiro atoms. The zero-order valence-electron chi connectivity index (χ0n) is 21.2. The Morgan fingerprint density at radius 1 is 0.895 bits per heavy atom. The lowest BCUT2D eigenvalue weighted by Gasteiger charge is -2.36. The summed E-state index contributed by atoms with van der Waals surface area (Å²) in [4.78, 5) is 29.3. The molecule has 198 valence electrons. The van der Waals surface area contributed by atoms with Crippen molar-refractivity contribution in [2.24, 2.45) is 5.73 Å². The number of nitrogens with two attached hydrogens (primary N) is 1. The second-order valence-electron chi connectivity index (χ2n) is 9.77. The number of carbonyl (C=O) groups is 2. The van der Waals surface area contributed by atoms with Gasteiger partial charge in [0.2, 0.25) is 11.8 Å². The molecule has 1 heterocycles. The Morgan fingerprint density at radius 3 is 2.26 bits per heavy atom. The third-order valence-electron chi connectivity index (χ3n) is 7.14. The lowest BCUT2D eigenvalue weighted by molar-refractivity contribution is -0.130. The molecule has 0 radical (unpaired) electrons. The zero-order valence-corrected chi connectivity index (χ0v) is 21.2. The van der Waals surface area contributed by atoms with Gasteiger partial charge in [-0.25, -0.2) is 4.39 Å². The molecule has 1 saturated carbocycles. The van der Waals surface area contributed by atoms with Crippen molar-refractivity contribution in [2.75, 3.05) is 31.1 Å². The first-order valence-electron chi connectivity index (χ1n) is 13.0. The highest BCUT2D eigenvalue weighted by Gasteiger charge is 2.32. The first-order chi connectivity index (χ1) is 18.5. The predicted octanol–water partition coefficient (Wildman–Crippen LogP) is 4.14. The van der Waals surface area contributed by atoms with Gasteiger partial charge in [0.1, 0.15) is 30.4 Å². The van der Waals surface area contributed by atoms with Crippen molar-refractivity contribution in [2.45, 2.75) is 38.1 Å². The number of halogens is 1. The highest BCUT2D eigenvalue weighted by molar-refractivity contribution is 5.96. The van der Waals surface area contributed by atoms with Crippen molar-refractivity contribution in [1.29, 1.82) is 0 Å². The van der Waals surface area contributed by atoms with Crippen molar-refractivity contribution in [1.82, 2.24) is 4.90 Å². The maximum absolute atomic E-state index is 13.3. The number of carbonyl (C=O) groups excluding carboxylic acids is 2. The van der Waals surface area contributed by atoms with Crippen LogP contribution in [0.1, 0.15) is 34.3 Å². The van der Waals surface area contributed by atoms with Crippen LogP contribution < -0.4 is 20.1 Å². The van der Waals surface area contributed by atoms with Gasteiger partial charge in [-0.1, -0.05) is 36.4 Å². The van der Waals surface area contributed by atoms with Gasteiger partial charge in [0.05, 0.1) is 6.42 Å². The molecule has 5 rings (SSSR count). The molecule has 0 unspecified atom stereocenters. The Labute approximate surface area is 221 Å². The SMILES string of the molecule is NC(=O)c1cccc(O[C@H]2C[C@@H](F)C2)c1CC(=O)N1CCN(c2ccc(OCc3ccccc3)cc2)CC1. The quantitative estimate of drug-likeness (QED) is 0.461. The molecule has 1 aliphatic heterocycles. The minimum atomic E-state index is -0.862. The van der Waals surface area contributed by atoms with Gasteiger partial charge >= 0.3 is 0 Å². The van der Waals surface area contributed by atoms with Crippen LogP contribution in [0.15, 0.2) is 72.8 Å². The van der Waals surface area contributed by atoms with Crippen LogP contribution >= 0.6 is 0 Å². The van der Waals surface area contributed by atoms with Gasteiger partial charge in [0.25, 0.3) is 0 Å². The van der Waals surface area contributed by atoms with E-state index in [1.807, 2.05) is 54.6 Å². The van der Waals surface area contributed by atoms with Gasteiger partial charge in [-0.15, -0.1) is 0 Å². The molecule has 2 fully saturated rings. The second kappa shape index (κ2) is 11.5. The topological polar surface area (TPSA) is 85.1 Å². The van der Waals surface area contributed by atoms with Gasteiger partial charge in [-0.05, 0) is 42.0 Å². The Balaban J connectivity index is 1.16. The number of primary amides is 1. The van der Waals surface area contributed by atoms with E-state index in [2.05, 4.69) is 4.90 Å². The highest BCUT2D eigenvalue weighted by Crippen LogP contribution is 2.32. The molecule has 1 aliphatic carbocycles. The van der Waals surface area contributed by atoms with E-state index in [9.17, 15) is 14.0 Å². The van der Waals surface area contributed by atoms with Gasteiger partial charge in [0.15, 0.2) is 0 Å². The molecular formula is C30H32FN3O4. The van der Waals surface area contributed by atoms with Gasteiger partial charge in [-0.2, -0.15) is 0 Å². The standard InChI is InChI=1S/C30H32FN3O4/c31-22-17-25(18-22)38-28-8-4-7-26(30(32)36)27(28)19-29(35)34-15-13-33(14-16-34)23-9-11-24(12-10-23)37-20-21-5-2-1-3-6-21/h1-12,22,25H,13-20H2,(H2,32,36)/t22-,25+. The smallest absolute Gasteiger partial charge is 0.249 e. The average Bonchev–Trinajstić information content (AvgIpc) is 2.92. The fourth-order valence-electron chi connectivity index (χ4n) is 4.84. The molecule has 2 N–H and O–H groups in total. The van der Waals surface area contributed by atoms with E-state index in [1.165, 1.54) is 0 Å². The van der Waals surface area contributed by atoms with Crippen LogP contribution in [-0.2, 0) is 17.8 Å². The van der Waals surface area contributed by atoms with Gasteiger partial charge < -0.3 is 25.0 Å². The van der Waals surface area contributed by atoms with E-state index < -0.39 is 12.1 Å². The average molecular weight is 518 g/mol. The van der Waals surface area contributed by atoms with E-state index in [-0.39, 0.29) is 24.0 Å². The maximum Gasteiger partial charge on any atom is 0.249 e. The molecule has 0 atom stereocenters. The molecular weight excluding hydrogens is 485 g/mol. The summed E-state index contributed by atoms with van der Waals surface area (Å²) >= 11 is 0. The molecule has 3 aromatic carbocycles. The van der Waals surface area contributed by atoms with E-state index in [4.69, 9.17) is 15.2 Å². The van der Waals surface area contributed by atoms with E-state index in [0.717, 1.165) is 17.0 Å². The number of piperazine rings is 1. The summed E-state index contributed by atoms with van der Waals surface area (Å²) in [6.07, 6.45) is -0.473. The van der Waals surface area contributed by atoms with Crippen molar-refractivity contribution >= 4 is 17.5 Å². The molecule has 0 aromatic heterocycles. The Morgan fingerprint density at radius 2 is 1.61 bits per heavy atom. The normalized spacial score (nSPS) is 19.0. The third-order valence-corrected chi connectivity index (χ3v) is 7.14. The summed E-state index contributed by atoms with van der Waals surface area (Å²) in [7, 11) is 0. The maximum atomic E-state index is 13.3. The van der Waals surface area contributed by atoms with E-state index in [0.29, 0.717) is 56.9 Å². The number of anilines is 1. The monoisotopic (exact) mass is 517 g/mol. The number of ether oxygens (including phenoxy) is 2. The Kier molecular flexibility index (Phi) is 7.77. The number of benzene rings is 3. The molecule has 0 bridgehead atoms. The number of alkyl halides is 1. The van der Waals surface area contributed by atoms with Gasteiger partial charge in [0, 0.05) is 55.8 Å². The first kappa shape index (κ1) is 25.6. The highest BCUT2D eigenvalue weighted by atomic mass is 19.1. The molecule has 2 aliphatic rings. The molecule has 38 heavy (non-hydrogen) atoms. The van der Waals surface area contributed by atoms with Crippen LogP contribution in [-0.4, -0.2) is 55.2 Å².